The lowest BCUT2D eigenvalue weighted by Gasteiger charge is -2.10. The van der Waals surface area contributed by atoms with Gasteiger partial charge in [-0.3, -0.25) is 9.59 Å². The molecule has 0 saturated heterocycles. The number of ether oxygens (including phenoxy) is 1. The van der Waals surface area contributed by atoms with Crippen LogP contribution in [0.2, 0.25) is 5.02 Å². The second-order valence-corrected chi connectivity index (χ2v) is 5.12. The molecule has 0 saturated carbocycles. The fraction of sp³-hybridized carbons (Fsp3) is 0.118. The summed E-state index contributed by atoms with van der Waals surface area (Å²) in [7, 11) is 0. The van der Waals surface area contributed by atoms with Crippen LogP contribution in [0.1, 0.15) is 12.5 Å². The number of hydrazone groups is 1. The predicted molar refractivity (Wildman–Crippen MR) is 93.4 cm³/mol. The van der Waals surface area contributed by atoms with Crippen molar-refractivity contribution in [3.05, 3.63) is 58.9 Å². The first-order valence-electron chi connectivity index (χ1n) is 7.33. The Kier molecular flexibility index (Phi) is 6.47. The van der Waals surface area contributed by atoms with E-state index in [4.69, 9.17) is 16.3 Å². The highest BCUT2D eigenvalue weighted by molar-refractivity contribution is 6.39. The summed E-state index contributed by atoms with van der Waals surface area (Å²) in [5.74, 6) is -2.12. The molecule has 0 aromatic heterocycles. The van der Waals surface area contributed by atoms with Gasteiger partial charge in [0, 0.05) is 5.56 Å². The molecule has 0 fully saturated rings. The first-order chi connectivity index (χ1) is 12.0. The van der Waals surface area contributed by atoms with Crippen molar-refractivity contribution >= 4 is 35.3 Å². The van der Waals surface area contributed by atoms with E-state index in [1.165, 1.54) is 18.2 Å². The number of hydrogen-bond acceptors (Lipinski definition) is 4. The Hall–Kier alpha value is -2.93. The number of hydrogen-bond donors (Lipinski definition) is 2. The van der Waals surface area contributed by atoms with Gasteiger partial charge in [0.05, 0.1) is 23.5 Å². The topological polar surface area (TPSA) is 79.8 Å². The lowest BCUT2D eigenvalue weighted by Crippen LogP contribution is -2.32. The summed E-state index contributed by atoms with van der Waals surface area (Å²) < 4.78 is 18.9. The molecule has 130 valence electrons. The SMILES string of the molecule is CCOc1ccccc1NC(=O)C(=O)NN=Cc1c(F)cccc1Cl. The number of carbonyl (C=O) groups is 2. The van der Waals surface area contributed by atoms with E-state index >= 15 is 0 Å². The molecule has 0 aliphatic heterocycles. The van der Waals surface area contributed by atoms with Crippen LogP contribution in [0.3, 0.4) is 0 Å². The van der Waals surface area contributed by atoms with Gasteiger partial charge < -0.3 is 10.1 Å². The van der Waals surface area contributed by atoms with Crippen molar-refractivity contribution in [1.82, 2.24) is 5.43 Å². The molecule has 2 aromatic rings. The first-order valence-corrected chi connectivity index (χ1v) is 7.71. The van der Waals surface area contributed by atoms with Gasteiger partial charge in [-0.05, 0) is 31.2 Å². The third kappa shape index (κ3) is 5.02. The highest BCUT2D eigenvalue weighted by Crippen LogP contribution is 2.23. The summed E-state index contributed by atoms with van der Waals surface area (Å²) in [4.78, 5) is 23.7. The third-order valence-corrected chi connectivity index (χ3v) is 3.33. The molecule has 6 nitrogen and oxygen atoms in total. The van der Waals surface area contributed by atoms with Gasteiger partial charge >= 0.3 is 11.8 Å². The van der Waals surface area contributed by atoms with Crippen molar-refractivity contribution in [2.45, 2.75) is 6.92 Å². The Bertz CT molecular complexity index is 791. The standard InChI is InChI=1S/C17H15ClFN3O3/c1-2-25-15-9-4-3-8-14(15)21-16(23)17(24)22-20-10-11-12(18)6-5-7-13(11)19/h3-10H,2H2,1H3,(H,21,23)(H,22,24). The average molecular weight is 364 g/mol. The molecule has 0 atom stereocenters. The van der Waals surface area contributed by atoms with Crippen LogP contribution in [0.5, 0.6) is 5.75 Å². The van der Waals surface area contributed by atoms with Crippen molar-refractivity contribution in [3.8, 4) is 5.75 Å². The maximum atomic E-state index is 13.6. The second kappa shape index (κ2) is 8.79. The molecule has 0 unspecified atom stereocenters. The summed E-state index contributed by atoms with van der Waals surface area (Å²) in [6.45, 7) is 2.21. The van der Waals surface area contributed by atoms with Crippen LogP contribution in [0.25, 0.3) is 0 Å². The van der Waals surface area contributed by atoms with Crippen molar-refractivity contribution in [2.75, 3.05) is 11.9 Å². The number of anilines is 1. The van der Waals surface area contributed by atoms with E-state index in [1.807, 2.05) is 5.43 Å². The zero-order valence-corrected chi connectivity index (χ0v) is 14.0. The lowest BCUT2D eigenvalue weighted by atomic mass is 10.2. The number of nitrogens with one attached hydrogen (secondary N) is 2. The summed E-state index contributed by atoms with van der Waals surface area (Å²) >= 11 is 5.82. The maximum absolute atomic E-state index is 13.6. The molecule has 0 spiro atoms. The molecule has 2 rings (SSSR count). The fourth-order valence-electron chi connectivity index (χ4n) is 1.87. The number of carbonyl (C=O) groups excluding carboxylic acids is 2. The summed E-state index contributed by atoms with van der Waals surface area (Å²) in [5, 5.41) is 6.09. The molecule has 2 aromatic carbocycles. The van der Waals surface area contributed by atoms with E-state index in [2.05, 4.69) is 10.4 Å². The van der Waals surface area contributed by atoms with Gasteiger partial charge in [-0.25, -0.2) is 9.82 Å². The van der Waals surface area contributed by atoms with Crippen LogP contribution in [-0.4, -0.2) is 24.6 Å². The zero-order chi connectivity index (χ0) is 18.2. The average Bonchev–Trinajstić information content (AvgIpc) is 2.59. The number of benzene rings is 2. The molecule has 0 aliphatic rings. The van der Waals surface area contributed by atoms with Gasteiger partial charge in [-0.1, -0.05) is 29.8 Å². The minimum atomic E-state index is -1.02. The van der Waals surface area contributed by atoms with Crippen LogP contribution in [0.15, 0.2) is 47.6 Å². The number of amides is 2. The number of para-hydroxylation sites is 2. The molecular weight excluding hydrogens is 349 g/mol. The molecule has 25 heavy (non-hydrogen) atoms. The van der Waals surface area contributed by atoms with Crippen molar-refractivity contribution in [3.63, 3.8) is 0 Å². The summed E-state index contributed by atoms with van der Waals surface area (Å²) in [6, 6.07) is 10.8. The Morgan fingerprint density at radius 2 is 1.96 bits per heavy atom. The lowest BCUT2D eigenvalue weighted by molar-refractivity contribution is -0.136. The van der Waals surface area contributed by atoms with Gasteiger partial charge in [0.1, 0.15) is 11.6 Å². The second-order valence-electron chi connectivity index (χ2n) is 4.72. The summed E-state index contributed by atoms with van der Waals surface area (Å²) in [5.41, 5.74) is 2.37. The van der Waals surface area contributed by atoms with E-state index in [9.17, 15) is 14.0 Å². The smallest absolute Gasteiger partial charge is 0.329 e. The van der Waals surface area contributed by atoms with Crippen LogP contribution >= 0.6 is 11.6 Å². The zero-order valence-electron chi connectivity index (χ0n) is 13.3. The molecule has 0 bridgehead atoms. The van der Waals surface area contributed by atoms with Crippen LogP contribution in [0, 0.1) is 5.82 Å². The minimum Gasteiger partial charge on any atom is -0.492 e. The van der Waals surface area contributed by atoms with Crippen molar-refractivity contribution in [2.24, 2.45) is 5.10 Å². The molecule has 8 heteroatoms. The van der Waals surface area contributed by atoms with Crippen LogP contribution < -0.4 is 15.5 Å². The Morgan fingerprint density at radius 1 is 1.20 bits per heavy atom. The van der Waals surface area contributed by atoms with Crippen molar-refractivity contribution in [1.29, 1.82) is 0 Å². The Labute approximate surface area is 148 Å². The van der Waals surface area contributed by atoms with E-state index in [0.717, 1.165) is 6.21 Å². The Balaban J connectivity index is 1.99. The molecule has 2 N–H and O–H groups in total. The molecule has 0 radical (unpaired) electrons. The van der Waals surface area contributed by atoms with Gasteiger partial charge in [0.2, 0.25) is 0 Å². The van der Waals surface area contributed by atoms with Gasteiger partial charge in [0.15, 0.2) is 0 Å². The minimum absolute atomic E-state index is 0.00608. The number of halogens is 2. The molecule has 2 amide bonds. The highest BCUT2D eigenvalue weighted by Gasteiger charge is 2.15. The van der Waals surface area contributed by atoms with E-state index < -0.39 is 17.6 Å². The quantitative estimate of drug-likeness (QED) is 0.487. The third-order valence-electron chi connectivity index (χ3n) is 3.00. The van der Waals surface area contributed by atoms with Crippen LogP contribution in [-0.2, 0) is 9.59 Å². The number of nitrogens with zero attached hydrogens (tertiary/aromatic N) is 1. The van der Waals surface area contributed by atoms with Crippen LogP contribution in [0.4, 0.5) is 10.1 Å². The molecule has 0 aliphatic carbocycles. The maximum Gasteiger partial charge on any atom is 0.329 e. The van der Waals surface area contributed by atoms with Crippen molar-refractivity contribution < 1.29 is 18.7 Å². The number of rotatable bonds is 5. The van der Waals surface area contributed by atoms with E-state index in [-0.39, 0.29) is 10.6 Å². The largest absolute Gasteiger partial charge is 0.492 e. The Morgan fingerprint density at radius 3 is 2.68 bits per heavy atom. The summed E-state index contributed by atoms with van der Waals surface area (Å²) in [6.07, 6.45) is 1.02. The monoisotopic (exact) mass is 363 g/mol. The van der Waals surface area contributed by atoms with Gasteiger partial charge in [-0.15, -0.1) is 0 Å². The predicted octanol–water partition coefficient (Wildman–Crippen LogP) is 2.97. The highest BCUT2D eigenvalue weighted by atomic mass is 35.5. The van der Waals surface area contributed by atoms with Gasteiger partial charge in [0.25, 0.3) is 0 Å². The van der Waals surface area contributed by atoms with E-state index in [1.54, 1.807) is 31.2 Å². The molecular formula is C17H15ClFN3O3. The normalized spacial score (nSPS) is 10.5. The molecule has 0 heterocycles. The first kappa shape index (κ1) is 18.4. The van der Waals surface area contributed by atoms with Gasteiger partial charge in [-0.2, -0.15) is 5.10 Å². The van der Waals surface area contributed by atoms with E-state index in [0.29, 0.717) is 18.0 Å². The fourth-order valence-corrected chi connectivity index (χ4v) is 2.08.